The largest absolute Gasteiger partial charge is 0.296 e. The van der Waals surface area contributed by atoms with Crippen molar-refractivity contribution in [1.29, 1.82) is 0 Å². The van der Waals surface area contributed by atoms with Crippen molar-refractivity contribution in [2.45, 2.75) is 13.8 Å². The maximum Gasteiger partial charge on any atom is 0.170 e. The van der Waals surface area contributed by atoms with Gasteiger partial charge in [0.05, 0.1) is 5.69 Å². The van der Waals surface area contributed by atoms with E-state index in [0.29, 0.717) is 5.69 Å². The maximum atomic E-state index is 10.7. The molecule has 1 aromatic carbocycles. The molecular weight excluding hydrogens is 188 g/mol. The van der Waals surface area contributed by atoms with Gasteiger partial charge in [0.2, 0.25) is 0 Å². The van der Waals surface area contributed by atoms with Gasteiger partial charge in [-0.1, -0.05) is 17.7 Å². The molecule has 1 heterocycles. The van der Waals surface area contributed by atoms with Gasteiger partial charge in [-0.15, -0.1) is 0 Å². The minimum Gasteiger partial charge on any atom is -0.296 e. The summed E-state index contributed by atoms with van der Waals surface area (Å²) in [6.45, 7) is 3.91. The second-order valence-corrected chi connectivity index (χ2v) is 3.60. The fourth-order valence-corrected chi connectivity index (χ4v) is 1.42. The SMILES string of the molecule is Cc1ccc(-n2cc(C)c(C=O)n2)cc1. The molecule has 0 aliphatic rings. The van der Waals surface area contributed by atoms with E-state index in [4.69, 9.17) is 0 Å². The van der Waals surface area contributed by atoms with Crippen LogP contribution < -0.4 is 0 Å². The molecule has 0 saturated heterocycles. The van der Waals surface area contributed by atoms with Gasteiger partial charge in [-0.3, -0.25) is 4.79 Å². The first-order valence-corrected chi connectivity index (χ1v) is 4.79. The Hall–Kier alpha value is -1.90. The van der Waals surface area contributed by atoms with Crippen LogP contribution in [0.25, 0.3) is 5.69 Å². The predicted molar refractivity (Wildman–Crippen MR) is 58.4 cm³/mol. The van der Waals surface area contributed by atoms with E-state index in [9.17, 15) is 4.79 Å². The standard InChI is InChI=1S/C12H12N2O/c1-9-3-5-11(6-4-9)14-7-10(2)12(8-15)13-14/h3-8H,1-2H3. The number of aryl methyl sites for hydroxylation is 2. The van der Waals surface area contributed by atoms with Crippen molar-refractivity contribution in [3.8, 4) is 5.69 Å². The normalized spacial score (nSPS) is 10.3. The van der Waals surface area contributed by atoms with Crippen molar-refractivity contribution < 1.29 is 4.79 Å². The third-order valence-corrected chi connectivity index (χ3v) is 2.35. The second kappa shape index (κ2) is 3.69. The Morgan fingerprint density at radius 1 is 1.20 bits per heavy atom. The highest BCUT2D eigenvalue weighted by Gasteiger charge is 2.04. The molecule has 3 heteroatoms. The van der Waals surface area contributed by atoms with Crippen LogP contribution >= 0.6 is 0 Å². The summed E-state index contributed by atoms with van der Waals surface area (Å²) < 4.78 is 1.72. The summed E-state index contributed by atoms with van der Waals surface area (Å²) in [5.74, 6) is 0. The van der Waals surface area contributed by atoms with E-state index >= 15 is 0 Å². The van der Waals surface area contributed by atoms with E-state index in [-0.39, 0.29) is 0 Å². The summed E-state index contributed by atoms with van der Waals surface area (Å²) in [5, 5.41) is 4.18. The molecule has 0 N–H and O–H groups in total. The molecule has 0 bridgehead atoms. The van der Waals surface area contributed by atoms with Crippen molar-refractivity contribution in [1.82, 2.24) is 9.78 Å². The smallest absolute Gasteiger partial charge is 0.170 e. The number of rotatable bonds is 2. The summed E-state index contributed by atoms with van der Waals surface area (Å²) >= 11 is 0. The van der Waals surface area contributed by atoms with E-state index in [0.717, 1.165) is 17.5 Å². The van der Waals surface area contributed by atoms with Crippen molar-refractivity contribution in [3.63, 3.8) is 0 Å². The molecule has 15 heavy (non-hydrogen) atoms. The highest BCUT2D eigenvalue weighted by Crippen LogP contribution is 2.11. The third-order valence-electron chi connectivity index (χ3n) is 2.35. The van der Waals surface area contributed by atoms with Gasteiger partial charge in [-0.25, -0.2) is 4.68 Å². The quantitative estimate of drug-likeness (QED) is 0.697. The van der Waals surface area contributed by atoms with Gasteiger partial charge in [0.1, 0.15) is 5.69 Å². The molecule has 2 rings (SSSR count). The van der Waals surface area contributed by atoms with E-state index < -0.39 is 0 Å². The molecule has 0 aliphatic carbocycles. The predicted octanol–water partition coefficient (Wildman–Crippen LogP) is 2.30. The summed E-state index contributed by atoms with van der Waals surface area (Å²) in [5.41, 5.74) is 3.57. The molecule has 0 amide bonds. The first-order chi connectivity index (χ1) is 7.20. The topological polar surface area (TPSA) is 34.9 Å². The number of carbonyl (C=O) groups is 1. The summed E-state index contributed by atoms with van der Waals surface area (Å²) in [4.78, 5) is 10.7. The fraction of sp³-hybridized carbons (Fsp3) is 0.167. The van der Waals surface area contributed by atoms with Crippen molar-refractivity contribution in [3.05, 3.63) is 47.3 Å². The lowest BCUT2D eigenvalue weighted by Gasteiger charge is -2.00. The van der Waals surface area contributed by atoms with Crippen molar-refractivity contribution in [2.75, 3.05) is 0 Å². The number of aromatic nitrogens is 2. The van der Waals surface area contributed by atoms with Gasteiger partial charge in [0, 0.05) is 6.20 Å². The maximum absolute atomic E-state index is 10.7. The zero-order valence-corrected chi connectivity index (χ0v) is 8.77. The summed E-state index contributed by atoms with van der Waals surface area (Å²) in [6, 6.07) is 8.01. The molecular formula is C12H12N2O. The van der Waals surface area contributed by atoms with Crippen LogP contribution in [-0.2, 0) is 0 Å². The lowest BCUT2D eigenvalue weighted by molar-refractivity contribution is 0.111. The zero-order chi connectivity index (χ0) is 10.8. The number of benzene rings is 1. The number of aldehydes is 1. The molecule has 1 aromatic heterocycles. The molecule has 0 radical (unpaired) electrons. The van der Waals surface area contributed by atoms with Crippen LogP contribution in [0.3, 0.4) is 0 Å². The van der Waals surface area contributed by atoms with Crippen molar-refractivity contribution >= 4 is 6.29 Å². The number of hydrogen-bond acceptors (Lipinski definition) is 2. The average Bonchev–Trinajstić information content (AvgIpc) is 2.61. The van der Waals surface area contributed by atoms with Crippen molar-refractivity contribution in [2.24, 2.45) is 0 Å². The number of carbonyl (C=O) groups excluding carboxylic acids is 1. The van der Waals surface area contributed by atoms with Gasteiger partial charge in [-0.2, -0.15) is 5.10 Å². The Balaban J connectivity index is 2.45. The van der Waals surface area contributed by atoms with Gasteiger partial charge in [0.25, 0.3) is 0 Å². The minimum absolute atomic E-state index is 0.496. The van der Waals surface area contributed by atoms with Crippen LogP contribution in [0.2, 0.25) is 0 Å². The van der Waals surface area contributed by atoms with E-state index in [1.54, 1.807) is 4.68 Å². The molecule has 3 nitrogen and oxygen atoms in total. The average molecular weight is 200 g/mol. The Labute approximate surface area is 88.4 Å². The molecule has 0 saturated carbocycles. The molecule has 0 spiro atoms. The van der Waals surface area contributed by atoms with E-state index in [1.807, 2.05) is 44.3 Å². The van der Waals surface area contributed by atoms with Gasteiger partial charge < -0.3 is 0 Å². The monoisotopic (exact) mass is 200 g/mol. The lowest BCUT2D eigenvalue weighted by Crippen LogP contribution is -1.95. The molecule has 0 fully saturated rings. The lowest BCUT2D eigenvalue weighted by atomic mass is 10.2. The summed E-state index contributed by atoms with van der Waals surface area (Å²) in [7, 11) is 0. The molecule has 0 aliphatic heterocycles. The molecule has 2 aromatic rings. The molecule has 0 unspecified atom stereocenters. The highest BCUT2D eigenvalue weighted by atomic mass is 16.1. The second-order valence-electron chi connectivity index (χ2n) is 3.60. The van der Waals surface area contributed by atoms with Gasteiger partial charge >= 0.3 is 0 Å². The van der Waals surface area contributed by atoms with Gasteiger partial charge in [0.15, 0.2) is 6.29 Å². The zero-order valence-electron chi connectivity index (χ0n) is 8.77. The molecule has 76 valence electrons. The van der Waals surface area contributed by atoms with E-state index in [1.165, 1.54) is 5.56 Å². The Kier molecular flexibility index (Phi) is 2.37. The van der Waals surface area contributed by atoms with Crippen LogP contribution in [0.15, 0.2) is 30.5 Å². The Bertz CT molecular complexity index is 483. The first kappa shape index (κ1) is 9.65. The van der Waals surface area contributed by atoms with Crippen LogP contribution in [0, 0.1) is 13.8 Å². The highest BCUT2D eigenvalue weighted by molar-refractivity contribution is 5.73. The van der Waals surface area contributed by atoms with Crippen LogP contribution in [0.5, 0.6) is 0 Å². The third kappa shape index (κ3) is 1.81. The van der Waals surface area contributed by atoms with Crippen LogP contribution in [-0.4, -0.2) is 16.1 Å². The van der Waals surface area contributed by atoms with Crippen LogP contribution in [0.4, 0.5) is 0 Å². The molecule has 0 atom stereocenters. The minimum atomic E-state index is 0.496. The Morgan fingerprint density at radius 3 is 2.40 bits per heavy atom. The van der Waals surface area contributed by atoms with Gasteiger partial charge in [-0.05, 0) is 31.5 Å². The number of nitrogens with zero attached hydrogens (tertiary/aromatic N) is 2. The first-order valence-electron chi connectivity index (χ1n) is 4.79. The Morgan fingerprint density at radius 2 is 1.87 bits per heavy atom. The van der Waals surface area contributed by atoms with E-state index in [2.05, 4.69) is 5.10 Å². The number of hydrogen-bond donors (Lipinski definition) is 0. The summed E-state index contributed by atoms with van der Waals surface area (Å²) in [6.07, 6.45) is 2.63. The van der Waals surface area contributed by atoms with Crippen LogP contribution in [0.1, 0.15) is 21.6 Å². The fourth-order valence-electron chi connectivity index (χ4n) is 1.42.